The largest absolute Gasteiger partial charge is 0.484 e. The second-order valence-corrected chi connectivity index (χ2v) is 16.2. The van der Waals surface area contributed by atoms with E-state index in [0.717, 1.165) is 33.2 Å². The molecule has 15 heteroatoms. The number of H-pyrrole nitrogens is 1. The first kappa shape index (κ1) is 31.0. The smallest absolute Gasteiger partial charge is 0.305 e. The number of amides is 3. The number of imide groups is 1. The van der Waals surface area contributed by atoms with Gasteiger partial charge in [-0.05, 0) is 90.4 Å². The van der Waals surface area contributed by atoms with E-state index in [1.165, 1.54) is 53.4 Å². The van der Waals surface area contributed by atoms with Crippen molar-refractivity contribution in [1.82, 2.24) is 4.98 Å². The minimum Gasteiger partial charge on any atom is -0.484 e. The minimum atomic E-state index is -3.86. The molecule has 3 heterocycles. The lowest BCUT2D eigenvalue weighted by molar-refractivity contribution is -0.123. The number of ether oxygens (including phenoxy) is 1. The second-order valence-electron chi connectivity index (χ2n) is 12.4. The Morgan fingerprint density at radius 1 is 1.00 bits per heavy atom. The summed E-state index contributed by atoms with van der Waals surface area (Å²) in [6.07, 6.45) is 0.719. The maximum atomic E-state index is 13.9. The lowest BCUT2D eigenvalue weighted by Crippen LogP contribution is -2.42. The molecule has 2 aliphatic heterocycles. The van der Waals surface area contributed by atoms with Crippen molar-refractivity contribution in [2.24, 2.45) is 34.7 Å². The highest BCUT2D eigenvalue weighted by atomic mass is 32.2. The van der Waals surface area contributed by atoms with Crippen molar-refractivity contribution >= 4 is 62.2 Å². The number of nitrogens with one attached hydrogen (secondary N) is 2. The van der Waals surface area contributed by atoms with E-state index in [4.69, 9.17) is 9.88 Å². The summed E-state index contributed by atoms with van der Waals surface area (Å²) in [6.45, 7) is -0.319. The third-order valence-corrected chi connectivity index (χ3v) is 13.4. The molecule has 2 saturated carbocycles. The molecule has 0 radical (unpaired) electrons. The fourth-order valence-corrected chi connectivity index (χ4v) is 11.5. The predicted octanol–water partition coefficient (Wildman–Crippen LogP) is 3.92. The standard InChI is InChI=1S/C33H27FN4O7S3/c34-16-4-8-18(9-5-16)38-31(40)26-21-13-22(27(26)32(38)41)28-25(21)24(29-30(46-28)37-33(42)47-29)15-2-1-3-19(12-15)45-14-23(39)36-17-6-10-20(11-7-17)48(35,43)44/h1-12,21-22,24-28H,13-14H2,(H,36,39)(H,37,42)(H2,35,43,44)/t21-,22-,24+,25-,26+,27+,28-/m1/s1. The van der Waals surface area contributed by atoms with E-state index >= 15 is 0 Å². The molecule has 3 amide bonds. The Kier molecular flexibility index (Phi) is 7.36. The van der Waals surface area contributed by atoms with Crippen LogP contribution in [0.5, 0.6) is 5.75 Å². The molecular formula is C33H27FN4O7S3. The molecule has 4 N–H and O–H groups in total. The van der Waals surface area contributed by atoms with Gasteiger partial charge in [0.15, 0.2) is 6.61 Å². The van der Waals surface area contributed by atoms with Crippen molar-refractivity contribution in [2.45, 2.75) is 27.5 Å². The Morgan fingerprint density at radius 2 is 1.71 bits per heavy atom. The number of hydrogen-bond acceptors (Lipinski definition) is 9. The topological polar surface area (TPSA) is 169 Å². The fraction of sp³-hybridized carbons (Fsp3) is 0.273. The van der Waals surface area contributed by atoms with Crippen LogP contribution in [0, 0.1) is 35.4 Å². The molecule has 2 aliphatic carbocycles. The van der Waals surface area contributed by atoms with Crippen LogP contribution in [-0.4, -0.2) is 43.0 Å². The Labute approximate surface area is 281 Å². The third-order valence-electron chi connectivity index (χ3n) is 9.86. The van der Waals surface area contributed by atoms with Crippen LogP contribution >= 0.6 is 23.1 Å². The number of nitrogens with two attached hydrogens (primary N) is 1. The zero-order valence-electron chi connectivity index (χ0n) is 24.9. The zero-order valence-corrected chi connectivity index (χ0v) is 27.3. The number of thioether (sulfide) groups is 1. The molecule has 0 unspecified atom stereocenters. The summed E-state index contributed by atoms with van der Waals surface area (Å²) in [4.78, 5) is 57.8. The number of aromatic amines is 1. The number of aromatic nitrogens is 1. The number of sulfonamides is 1. The number of nitrogens with zero attached hydrogens (tertiary/aromatic N) is 1. The van der Waals surface area contributed by atoms with Crippen LogP contribution in [0.15, 0.2) is 87.5 Å². The van der Waals surface area contributed by atoms with Crippen LogP contribution in [0.1, 0.15) is 22.8 Å². The maximum absolute atomic E-state index is 13.9. The number of benzene rings is 3. The van der Waals surface area contributed by atoms with Gasteiger partial charge in [-0.2, -0.15) is 0 Å². The van der Waals surface area contributed by atoms with Gasteiger partial charge in [-0.1, -0.05) is 23.5 Å². The first-order chi connectivity index (χ1) is 23.0. The Morgan fingerprint density at radius 3 is 2.42 bits per heavy atom. The van der Waals surface area contributed by atoms with E-state index in [-0.39, 0.29) is 57.1 Å². The molecule has 2 bridgehead atoms. The summed E-state index contributed by atoms with van der Waals surface area (Å²) < 4.78 is 42.5. The van der Waals surface area contributed by atoms with Crippen molar-refractivity contribution in [3.8, 4) is 5.75 Å². The summed E-state index contributed by atoms with van der Waals surface area (Å²) in [5, 5.41) is 8.55. The number of fused-ring (bicyclic) bond motifs is 9. The number of carbonyl (C=O) groups is 3. The first-order valence-electron chi connectivity index (χ1n) is 15.2. The molecule has 8 rings (SSSR count). The van der Waals surface area contributed by atoms with Gasteiger partial charge in [-0.15, -0.1) is 11.8 Å². The molecular weight excluding hydrogens is 680 g/mol. The van der Waals surface area contributed by atoms with Gasteiger partial charge in [-0.25, -0.2) is 17.9 Å². The van der Waals surface area contributed by atoms with Gasteiger partial charge >= 0.3 is 4.87 Å². The quantitative estimate of drug-likeness (QED) is 0.243. The third kappa shape index (κ3) is 5.07. The van der Waals surface area contributed by atoms with Gasteiger partial charge in [0, 0.05) is 21.7 Å². The highest BCUT2D eigenvalue weighted by molar-refractivity contribution is 8.00. The molecule has 1 aromatic heterocycles. The van der Waals surface area contributed by atoms with E-state index < -0.39 is 33.6 Å². The normalized spacial score (nSPS) is 27.0. The number of halogens is 1. The number of primary sulfonamides is 1. The summed E-state index contributed by atoms with van der Waals surface area (Å²) in [5.41, 5.74) is 1.61. The lowest BCUT2D eigenvalue weighted by atomic mass is 9.68. The average Bonchev–Trinajstić information content (AvgIpc) is 3.79. The monoisotopic (exact) mass is 706 g/mol. The van der Waals surface area contributed by atoms with Crippen LogP contribution in [0.3, 0.4) is 0 Å². The lowest BCUT2D eigenvalue weighted by Gasteiger charge is -2.43. The first-order valence-corrected chi connectivity index (χ1v) is 18.4. The Hall–Kier alpha value is -4.31. The molecule has 1 saturated heterocycles. The maximum Gasteiger partial charge on any atom is 0.305 e. The molecule has 0 spiro atoms. The number of carbonyl (C=O) groups excluding carboxylic acids is 3. The van der Waals surface area contributed by atoms with E-state index in [0.29, 0.717) is 17.1 Å². The molecule has 246 valence electrons. The highest BCUT2D eigenvalue weighted by Gasteiger charge is 2.69. The Balaban J connectivity index is 1.05. The van der Waals surface area contributed by atoms with Crippen LogP contribution < -0.4 is 25.0 Å². The van der Waals surface area contributed by atoms with Crippen molar-refractivity contribution in [2.75, 3.05) is 16.8 Å². The van der Waals surface area contributed by atoms with E-state index in [1.54, 1.807) is 17.8 Å². The zero-order chi connectivity index (χ0) is 33.5. The van der Waals surface area contributed by atoms with Gasteiger partial charge < -0.3 is 15.0 Å². The van der Waals surface area contributed by atoms with Crippen molar-refractivity contribution in [3.05, 3.63) is 98.7 Å². The van der Waals surface area contributed by atoms with Crippen molar-refractivity contribution in [3.63, 3.8) is 0 Å². The van der Waals surface area contributed by atoms with Crippen molar-refractivity contribution < 1.29 is 31.9 Å². The van der Waals surface area contributed by atoms with Crippen LogP contribution in [0.25, 0.3) is 0 Å². The predicted molar refractivity (Wildman–Crippen MR) is 176 cm³/mol. The van der Waals surface area contributed by atoms with Crippen LogP contribution in [-0.2, 0) is 24.4 Å². The number of rotatable bonds is 7. The van der Waals surface area contributed by atoms with Crippen LogP contribution in [0.4, 0.5) is 15.8 Å². The van der Waals surface area contributed by atoms with Gasteiger partial charge in [0.1, 0.15) is 11.6 Å². The SMILES string of the molecule is NS(=O)(=O)c1ccc(NC(=O)COc2cccc([C@@H]3c4sc(=O)[nH]c4S[C@@H]4[C@@H]5C[C@@H]([C@@H]6C(=O)N(c7ccc(F)cc7)C(=O)[C@@H]56)[C@H]34)c2)cc1. The summed E-state index contributed by atoms with van der Waals surface area (Å²) in [7, 11) is -3.86. The van der Waals surface area contributed by atoms with E-state index in [9.17, 15) is 32.0 Å². The fourth-order valence-electron chi connectivity index (χ4n) is 8.11. The van der Waals surface area contributed by atoms with Gasteiger partial charge in [-0.3, -0.25) is 24.1 Å². The highest BCUT2D eigenvalue weighted by Crippen LogP contribution is 2.68. The molecule has 4 aromatic rings. The molecule has 7 atom stereocenters. The molecule has 4 aliphatic rings. The molecule has 11 nitrogen and oxygen atoms in total. The summed E-state index contributed by atoms with van der Waals surface area (Å²) in [6, 6.07) is 18.2. The molecule has 48 heavy (non-hydrogen) atoms. The number of anilines is 2. The Bertz CT molecular complexity index is 2150. The van der Waals surface area contributed by atoms with E-state index in [1.807, 2.05) is 18.2 Å². The van der Waals surface area contributed by atoms with Gasteiger partial charge in [0.05, 0.1) is 27.4 Å². The summed E-state index contributed by atoms with van der Waals surface area (Å²) in [5.74, 6) is -2.43. The van der Waals surface area contributed by atoms with Gasteiger partial charge in [0.25, 0.3) is 5.91 Å². The molecule has 3 aromatic carbocycles. The van der Waals surface area contributed by atoms with Crippen LogP contribution in [0.2, 0.25) is 0 Å². The van der Waals surface area contributed by atoms with Gasteiger partial charge in [0.2, 0.25) is 21.8 Å². The number of hydrogen-bond donors (Lipinski definition) is 3. The summed E-state index contributed by atoms with van der Waals surface area (Å²) >= 11 is 2.72. The second kappa shape index (κ2) is 11.4. The minimum absolute atomic E-state index is 0.0140. The van der Waals surface area contributed by atoms with Crippen molar-refractivity contribution in [1.29, 1.82) is 0 Å². The van der Waals surface area contributed by atoms with E-state index in [2.05, 4.69) is 10.3 Å². The molecule has 3 fully saturated rings. The average molecular weight is 707 g/mol. The number of thiazole rings is 1.